The molecule has 0 N–H and O–H groups in total. The second kappa shape index (κ2) is 4.78. The summed E-state index contributed by atoms with van der Waals surface area (Å²) in [6.45, 7) is 2.18. The molecule has 0 aromatic heterocycles. The summed E-state index contributed by atoms with van der Waals surface area (Å²) in [6.07, 6.45) is 1.08. The van der Waals surface area contributed by atoms with Gasteiger partial charge in [0.1, 0.15) is 0 Å². The van der Waals surface area contributed by atoms with Crippen LogP contribution < -0.4 is 0 Å². The summed E-state index contributed by atoms with van der Waals surface area (Å²) in [4.78, 5) is 0. The summed E-state index contributed by atoms with van der Waals surface area (Å²) in [5.74, 6) is 1.42. The van der Waals surface area contributed by atoms with Gasteiger partial charge in [0.05, 0.1) is 0 Å². The number of rotatable bonds is 3. The Morgan fingerprint density at radius 2 is 2.08 bits per heavy atom. The lowest BCUT2D eigenvalue weighted by Crippen LogP contribution is -1.94. The van der Waals surface area contributed by atoms with Gasteiger partial charge in [-0.1, -0.05) is 36.7 Å². The average molecular weight is 201 g/mol. The van der Waals surface area contributed by atoms with E-state index < -0.39 is 0 Å². The van der Waals surface area contributed by atoms with Crippen LogP contribution in [0.2, 0.25) is 5.02 Å². The van der Waals surface area contributed by atoms with Crippen LogP contribution in [0.25, 0.3) is 0 Å². The summed E-state index contributed by atoms with van der Waals surface area (Å²) in [5, 5.41) is 0.867. The first-order valence-corrected chi connectivity index (χ1v) is 5.12. The van der Waals surface area contributed by atoms with Crippen LogP contribution in [0.15, 0.2) is 24.3 Å². The molecule has 0 bridgehead atoms. The first-order chi connectivity index (χ1) is 5.75. The second-order valence-electron chi connectivity index (χ2n) is 2.93. The zero-order chi connectivity index (χ0) is 8.97. The van der Waals surface area contributed by atoms with Crippen LogP contribution in [-0.4, -0.2) is 5.75 Å². The van der Waals surface area contributed by atoms with E-state index in [1.54, 1.807) is 0 Å². The number of thiol groups is 1. The van der Waals surface area contributed by atoms with Gasteiger partial charge in [0, 0.05) is 5.02 Å². The smallest absolute Gasteiger partial charge is 0.0440 e. The molecule has 1 rings (SSSR count). The fourth-order valence-electron chi connectivity index (χ4n) is 1.22. The molecule has 0 saturated heterocycles. The highest BCUT2D eigenvalue weighted by molar-refractivity contribution is 7.80. The van der Waals surface area contributed by atoms with Gasteiger partial charge in [0.15, 0.2) is 0 Å². The average Bonchev–Trinajstić information content (AvgIpc) is 2.05. The van der Waals surface area contributed by atoms with Crippen molar-refractivity contribution >= 4 is 24.2 Å². The minimum atomic E-state index is 0.510. The van der Waals surface area contributed by atoms with Crippen molar-refractivity contribution in [3.8, 4) is 0 Å². The van der Waals surface area contributed by atoms with Crippen molar-refractivity contribution < 1.29 is 0 Å². The van der Waals surface area contributed by atoms with Crippen LogP contribution in [0.3, 0.4) is 0 Å². The molecular weight excluding hydrogens is 188 g/mol. The van der Waals surface area contributed by atoms with Gasteiger partial charge in [-0.3, -0.25) is 0 Å². The highest BCUT2D eigenvalue weighted by atomic mass is 35.5. The Kier molecular flexibility index (Phi) is 3.96. The minimum Gasteiger partial charge on any atom is -0.179 e. The lowest BCUT2D eigenvalue weighted by atomic mass is 9.99. The molecule has 0 nitrogen and oxygen atoms in total. The third-order valence-corrected chi connectivity index (χ3v) is 2.60. The molecule has 1 unspecified atom stereocenters. The Morgan fingerprint density at radius 3 is 2.67 bits per heavy atom. The summed E-state index contributed by atoms with van der Waals surface area (Å²) in [6, 6.07) is 8.00. The summed E-state index contributed by atoms with van der Waals surface area (Å²) < 4.78 is 0. The maximum absolute atomic E-state index is 6.03. The monoisotopic (exact) mass is 200 g/mol. The zero-order valence-corrected chi connectivity index (χ0v) is 8.78. The predicted molar refractivity (Wildman–Crippen MR) is 58.3 cm³/mol. The third-order valence-electron chi connectivity index (χ3n) is 2.00. The molecule has 0 fully saturated rings. The first-order valence-electron chi connectivity index (χ1n) is 4.11. The highest BCUT2D eigenvalue weighted by Gasteiger charge is 2.06. The van der Waals surface area contributed by atoms with Gasteiger partial charge < -0.3 is 0 Å². The van der Waals surface area contributed by atoms with Crippen molar-refractivity contribution in [2.45, 2.75) is 19.3 Å². The van der Waals surface area contributed by atoms with Crippen molar-refractivity contribution in [2.24, 2.45) is 0 Å². The van der Waals surface area contributed by atoms with Crippen LogP contribution >= 0.6 is 24.2 Å². The van der Waals surface area contributed by atoms with E-state index in [9.17, 15) is 0 Å². The minimum absolute atomic E-state index is 0.510. The number of benzene rings is 1. The zero-order valence-electron chi connectivity index (χ0n) is 7.13. The lowest BCUT2D eigenvalue weighted by molar-refractivity contribution is 0.742. The molecule has 0 aliphatic rings. The number of hydrogen-bond donors (Lipinski definition) is 1. The van der Waals surface area contributed by atoms with Gasteiger partial charge in [0.2, 0.25) is 0 Å². The van der Waals surface area contributed by atoms with Gasteiger partial charge in [-0.25, -0.2) is 0 Å². The molecule has 0 aliphatic carbocycles. The van der Waals surface area contributed by atoms with E-state index in [1.165, 1.54) is 5.56 Å². The fraction of sp³-hybridized carbons (Fsp3) is 0.400. The molecule has 0 aliphatic heterocycles. The SMILES string of the molecule is CC(CCS)c1ccccc1Cl. The van der Waals surface area contributed by atoms with Gasteiger partial charge in [-0.05, 0) is 29.7 Å². The molecule has 0 amide bonds. The highest BCUT2D eigenvalue weighted by Crippen LogP contribution is 2.26. The maximum atomic E-state index is 6.03. The molecule has 12 heavy (non-hydrogen) atoms. The van der Waals surface area contributed by atoms with Crippen LogP contribution in [0.1, 0.15) is 24.8 Å². The van der Waals surface area contributed by atoms with E-state index in [2.05, 4.69) is 25.6 Å². The van der Waals surface area contributed by atoms with Crippen LogP contribution in [0, 0.1) is 0 Å². The first kappa shape index (κ1) is 9.94. The molecule has 1 atom stereocenters. The van der Waals surface area contributed by atoms with Crippen molar-refractivity contribution in [3.05, 3.63) is 34.9 Å². The number of halogens is 1. The summed E-state index contributed by atoms with van der Waals surface area (Å²) >= 11 is 10.2. The van der Waals surface area contributed by atoms with E-state index in [-0.39, 0.29) is 0 Å². The Hall–Kier alpha value is -0.140. The quantitative estimate of drug-likeness (QED) is 0.706. The molecule has 0 spiro atoms. The van der Waals surface area contributed by atoms with E-state index in [0.29, 0.717) is 5.92 Å². The molecular formula is C10H13ClS. The molecule has 66 valence electrons. The van der Waals surface area contributed by atoms with Gasteiger partial charge in [-0.15, -0.1) is 0 Å². The standard InChI is InChI=1S/C10H13ClS/c1-8(6-7-12)9-4-2-3-5-10(9)11/h2-5,8,12H,6-7H2,1H3. The van der Waals surface area contributed by atoms with Crippen molar-refractivity contribution in [2.75, 3.05) is 5.75 Å². The molecule has 0 saturated carbocycles. The van der Waals surface area contributed by atoms with E-state index in [1.807, 2.05) is 18.2 Å². The van der Waals surface area contributed by atoms with Crippen LogP contribution in [-0.2, 0) is 0 Å². The van der Waals surface area contributed by atoms with Crippen LogP contribution in [0.4, 0.5) is 0 Å². The van der Waals surface area contributed by atoms with Crippen molar-refractivity contribution in [1.29, 1.82) is 0 Å². The normalized spacial score (nSPS) is 12.9. The van der Waals surface area contributed by atoms with E-state index in [4.69, 9.17) is 11.6 Å². The van der Waals surface area contributed by atoms with Crippen molar-refractivity contribution in [3.63, 3.8) is 0 Å². The summed E-state index contributed by atoms with van der Waals surface area (Å²) in [7, 11) is 0. The van der Waals surface area contributed by atoms with E-state index in [0.717, 1.165) is 17.2 Å². The van der Waals surface area contributed by atoms with Crippen molar-refractivity contribution in [1.82, 2.24) is 0 Å². The maximum Gasteiger partial charge on any atom is 0.0440 e. The molecule has 1 aromatic rings. The fourth-order valence-corrected chi connectivity index (χ4v) is 1.93. The second-order valence-corrected chi connectivity index (χ2v) is 3.79. The number of hydrogen-bond acceptors (Lipinski definition) is 1. The topological polar surface area (TPSA) is 0 Å². The third kappa shape index (κ3) is 2.43. The Bertz CT molecular complexity index is 247. The lowest BCUT2D eigenvalue weighted by Gasteiger charge is -2.11. The van der Waals surface area contributed by atoms with E-state index >= 15 is 0 Å². The molecule has 0 radical (unpaired) electrons. The van der Waals surface area contributed by atoms with Gasteiger partial charge >= 0.3 is 0 Å². The Labute approximate surface area is 84.3 Å². The predicted octanol–water partition coefficient (Wildman–Crippen LogP) is 3.76. The largest absolute Gasteiger partial charge is 0.179 e. The van der Waals surface area contributed by atoms with Gasteiger partial charge in [0.25, 0.3) is 0 Å². The molecule has 2 heteroatoms. The molecule has 0 heterocycles. The Morgan fingerprint density at radius 1 is 1.42 bits per heavy atom. The molecule has 1 aromatic carbocycles. The van der Waals surface area contributed by atoms with Crippen LogP contribution in [0.5, 0.6) is 0 Å². The van der Waals surface area contributed by atoms with Gasteiger partial charge in [-0.2, -0.15) is 12.6 Å². The summed E-state index contributed by atoms with van der Waals surface area (Å²) in [5.41, 5.74) is 1.23. The Balaban J connectivity index is 2.79.